The van der Waals surface area contributed by atoms with Crippen LogP contribution in [0.1, 0.15) is 15.9 Å². The molecule has 3 nitrogen and oxygen atoms in total. The minimum atomic E-state index is -4.43. The molecule has 1 aromatic rings. The lowest BCUT2D eigenvalue weighted by Crippen LogP contribution is -2.27. The van der Waals surface area contributed by atoms with Crippen molar-refractivity contribution in [3.05, 3.63) is 35.4 Å². The van der Waals surface area contributed by atoms with E-state index in [9.17, 15) is 18.0 Å². The Hall–Kier alpha value is -1.56. The highest BCUT2D eigenvalue weighted by molar-refractivity contribution is 5.94. The molecule has 17 heavy (non-hydrogen) atoms. The van der Waals surface area contributed by atoms with Gasteiger partial charge in [0, 0.05) is 12.1 Å². The van der Waals surface area contributed by atoms with E-state index < -0.39 is 17.6 Å². The van der Waals surface area contributed by atoms with E-state index in [4.69, 9.17) is 4.74 Å². The molecule has 0 radical (unpaired) electrons. The molecule has 1 saturated heterocycles. The van der Waals surface area contributed by atoms with Gasteiger partial charge in [-0.2, -0.15) is 13.2 Å². The first-order valence-corrected chi connectivity index (χ1v) is 5.04. The number of ether oxygens (including phenoxy) is 1. The van der Waals surface area contributed by atoms with Crippen molar-refractivity contribution in [2.45, 2.75) is 12.3 Å². The van der Waals surface area contributed by atoms with E-state index in [1.54, 1.807) is 0 Å². The smallest absolute Gasteiger partial charge is 0.371 e. The summed E-state index contributed by atoms with van der Waals surface area (Å²) in [6, 6.07) is 4.33. The molecule has 2 rings (SSSR count). The van der Waals surface area contributed by atoms with Crippen LogP contribution in [-0.2, 0) is 10.9 Å². The summed E-state index contributed by atoms with van der Waals surface area (Å²) in [5.41, 5.74) is -0.826. The number of amides is 1. The summed E-state index contributed by atoms with van der Waals surface area (Å²) in [6.45, 7) is 0.915. The van der Waals surface area contributed by atoms with Crippen molar-refractivity contribution in [1.82, 2.24) is 5.32 Å². The fraction of sp³-hybridized carbons (Fsp3) is 0.364. The number of carbonyl (C=O) groups is 1. The average Bonchev–Trinajstić information content (AvgIpc) is 3.09. The number of benzene rings is 1. The molecule has 1 amide bonds. The van der Waals surface area contributed by atoms with Crippen LogP contribution in [0.5, 0.6) is 0 Å². The number of halogens is 3. The molecule has 1 heterocycles. The summed E-state index contributed by atoms with van der Waals surface area (Å²) in [5.74, 6) is -0.522. The first kappa shape index (κ1) is 11.9. The molecule has 1 atom stereocenters. The fourth-order valence-corrected chi connectivity index (χ4v) is 1.33. The van der Waals surface area contributed by atoms with Gasteiger partial charge in [-0.3, -0.25) is 4.79 Å². The maximum absolute atomic E-state index is 12.4. The third-order valence-corrected chi connectivity index (χ3v) is 2.34. The highest BCUT2D eigenvalue weighted by atomic mass is 19.4. The van der Waals surface area contributed by atoms with Gasteiger partial charge in [0.2, 0.25) is 0 Å². The molecular formula is C11H10F3NO2. The maximum atomic E-state index is 12.4. The van der Waals surface area contributed by atoms with Crippen LogP contribution in [0.2, 0.25) is 0 Å². The van der Waals surface area contributed by atoms with Crippen LogP contribution in [0.15, 0.2) is 24.3 Å². The summed E-state index contributed by atoms with van der Waals surface area (Å²) in [4.78, 5) is 11.5. The number of hydrogen-bond acceptors (Lipinski definition) is 2. The third-order valence-electron chi connectivity index (χ3n) is 2.34. The van der Waals surface area contributed by atoms with Crippen molar-refractivity contribution in [3.8, 4) is 0 Å². The Morgan fingerprint density at radius 1 is 1.47 bits per heavy atom. The summed E-state index contributed by atoms with van der Waals surface area (Å²) in [5, 5.41) is 2.51. The zero-order valence-corrected chi connectivity index (χ0v) is 8.75. The molecule has 0 bridgehead atoms. The molecule has 92 valence electrons. The molecule has 1 N–H and O–H groups in total. The zero-order chi connectivity index (χ0) is 12.5. The lowest BCUT2D eigenvalue weighted by Gasteiger charge is -2.08. The van der Waals surface area contributed by atoms with Crippen molar-refractivity contribution in [3.63, 3.8) is 0 Å². The Balaban J connectivity index is 2.06. The fourth-order valence-electron chi connectivity index (χ4n) is 1.33. The second-order valence-corrected chi connectivity index (χ2v) is 3.74. The van der Waals surface area contributed by atoms with Gasteiger partial charge in [0.05, 0.1) is 18.3 Å². The summed E-state index contributed by atoms with van der Waals surface area (Å²) < 4.78 is 42.1. The van der Waals surface area contributed by atoms with Gasteiger partial charge < -0.3 is 10.1 Å². The molecular weight excluding hydrogens is 235 g/mol. The van der Waals surface area contributed by atoms with Crippen LogP contribution in [0.3, 0.4) is 0 Å². The van der Waals surface area contributed by atoms with Gasteiger partial charge in [-0.25, -0.2) is 0 Å². The Bertz CT molecular complexity index is 427. The van der Waals surface area contributed by atoms with Crippen molar-refractivity contribution >= 4 is 5.91 Å². The van der Waals surface area contributed by atoms with Crippen molar-refractivity contribution in [2.24, 2.45) is 0 Å². The van der Waals surface area contributed by atoms with Crippen LogP contribution < -0.4 is 5.32 Å². The number of epoxide rings is 1. The Kier molecular flexibility index (Phi) is 3.06. The lowest BCUT2D eigenvalue weighted by molar-refractivity contribution is -0.137. The molecule has 1 aliphatic heterocycles. The molecule has 0 aromatic heterocycles. The van der Waals surface area contributed by atoms with Gasteiger partial charge >= 0.3 is 6.18 Å². The Morgan fingerprint density at radius 2 is 2.18 bits per heavy atom. The van der Waals surface area contributed by atoms with Crippen molar-refractivity contribution < 1.29 is 22.7 Å². The Morgan fingerprint density at radius 3 is 2.76 bits per heavy atom. The number of hydrogen-bond donors (Lipinski definition) is 1. The van der Waals surface area contributed by atoms with Gasteiger partial charge in [0.1, 0.15) is 0 Å². The number of nitrogens with one attached hydrogen (secondary N) is 1. The van der Waals surface area contributed by atoms with Crippen LogP contribution >= 0.6 is 0 Å². The van der Waals surface area contributed by atoms with Crippen LogP contribution in [-0.4, -0.2) is 25.2 Å². The second kappa shape index (κ2) is 4.37. The first-order chi connectivity index (χ1) is 7.97. The van der Waals surface area contributed by atoms with E-state index in [1.165, 1.54) is 12.1 Å². The summed E-state index contributed by atoms with van der Waals surface area (Å²) >= 11 is 0. The predicted octanol–water partition coefficient (Wildman–Crippen LogP) is 1.83. The molecule has 1 fully saturated rings. The van der Waals surface area contributed by atoms with Crippen LogP contribution in [0, 0.1) is 0 Å². The monoisotopic (exact) mass is 245 g/mol. The van der Waals surface area contributed by atoms with Crippen LogP contribution in [0.25, 0.3) is 0 Å². The minimum absolute atomic E-state index is 0.000440. The minimum Gasteiger partial charge on any atom is -0.371 e. The summed E-state index contributed by atoms with van der Waals surface area (Å²) in [6.07, 6.45) is -4.43. The molecule has 0 spiro atoms. The van der Waals surface area contributed by atoms with E-state index in [-0.39, 0.29) is 11.7 Å². The number of carbonyl (C=O) groups excluding carboxylic acids is 1. The van der Waals surface area contributed by atoms with Crippen LogP contribution in [0.4, 0.5) is 13.2 Å². The third kappa shape index (κ3) is 3.20. The van der Waals surface area contributed by atoms with E-state index in [0.29, 0.717) is 13.2 Å². The molecule has 0 aliphatic carbocycles. The second-order valence-electron chi connectivity index (χ2n) is 3.74. The van der Waals surface area contributed by atoms with E-state index >= 15 is 0 Å². The topological polar surface area (TPSA) is 41.6 Å². The van der Waals surface area contributed by atoms with Gasteiger partial charge in [0.25, 0.3) is 5.91 Å². The zero-order valence-electron chi connectivity index (χ0n) is 8.75. The van der Waals surface area contributed by atoms with E-state index in [1.807, 2.05) is 0 Å². The highest BCUT2D eigenvalue weighted by Crippen LogP contribution is 2.29. The maximum Gasteiger partial charge on any atom is 0.416 e. The predicted molar refractivity (Wildman–Crippen MR) is 53.5 cm³/mol. The molecule has 0 saturated carbocycles. The highest BCUT2D eigenvalue weighted by Gasteiger charge is 2.31. The lowest BCUT2D eigenvalue weighted by atomic mass is 10.1. The van der Waals surface area contributed by atoms with Gasteiger partial charge in [-0.05, 0) is 18.2 Å². The quantitative estimate of drug-likeness (QED) is 0.825. The molecule has 1 aliphatic rings. The van der Waals surface area contributed by atoms with Gasteiger partial charge in [-0.15, -0.1) is 0 Å². The molecule has 1 aromatic carbocycles. The molecule has 1 unspecified atom stereocenters. The van der Waals surface area contributed by atoms with E-state index in [2.05, 4.69) is 5.32 Å². The van der Waals surface area contributed by atoms with Crippen molar-refractivity contribution in [1.29, 1.82) is 0 Å². The van der Waals surface area contributed by atoms with E-state index in [0.717, 1.165) is 12.1 Å². The first-order valence-electron chi connectivity index (χ1n) is 5.04. The Labute approximate surface area is 95.6 Å². The number of rotatable bonds is 3. The SMILES string of the molecule is O=C(NCC1CO1)c1cccc(C(F)(F)F)c1. The van der Waals surface area contributed by atoms with Gasteiger partial charge in [-0.1, -0.05) is 6.07 Å². The standard InChI is InChI=1S/C11H10F3NO2/c12-11(13,14)8-3-1-2-7(4-8)10(16)15-5-9-6-17-9/h1-4,9H,5-6H2,(H,15,16). The summed E-state index contributed by atoms with van der Waals surface area (Å²) in [7, 11) is 0. The molecule has 6 heteroatoms. The van der Waals surface area contributed by atoms with Crippen molar-refractivity contribution in [2.75, 3.05) is 13.2 Å². The largest absolute Gasteiger partial charge is 0.416 e. The average molecular weight is 245 g/mol. The van der Waals surface area contributed by atoms with Gasteiger partial charge in [0.15, 0.2) is 0 Å². The normalized spacial score (nSPS) is 18.9. The number of alkyl halides is 3.